The molecule has 13 heteroatoms. The van der Waals surface area contributed by atoms with Gasteiger partial charge >= 0.3 is 12.0 Å². The molecule has 6 rings (SSSR count). The van der Waals surface area contributed by atoms with Gasteiger partial charge in [-0.3, -0.25) is 15.0 Å². The van der Waals surface area contributed by atoms with Crippen molar-refractivity contribution in [3.8, 4) is 27.9 Å². The molecule has 3 amide bonds. The lowest BCUT2D eigenvalue weighted by molar-refractivity contribution is -0.117. The van der Waals surface area contributed by atoms with Gasteiger partial charge in [0.05, 0.1) is 28.7 Å². The van der Waals surface area contributed by atoms with Crippen LogP contribution in [-0.4, -0.2) is 43.2 Å². The van der Waals surface area contributed by atoms with E-state index < -0.39 is 11.8 Å². The van der Waals surface area contributed by atoms with E-state index in [2.05, 4.69) is 44.5 Å². The number of amides is 3. The van der Waals surface area contributed by atoms with E-state index in [9.17, 15) is 14.0 Å². The van der Waals surface area contributed by atoms with Crippen LogP contribution in [0.2, 0.25) is 0 Å². The number of nitrogens with zero attached hydrogens (tertiary/aromatic N) is 6. The Morgan fingerprint density at radius 1 is 1.07 bits per heavy atom. The molecule has 1 aliphatic rings. The summed E-state index contributed by atoms with van der Waals surface area (Å²) in [4.78, 5) is 40.4. The number of aryl methyl sites for hydroxylation is 1. The smallest absolute Gasteiger partial charge is 0.324 e. The first-order chi connectivity index (χ1) is 21.7. The normalized spacial score (nSPS) is 13.0. The van der Waals surface area contributed by atoms with E-state index in [0.29, 0.717) is 53.3 Å². The van der Waals surface area contributed by atoms with Gasteiger partial charge in [0, 0.05) is 25.2 Å². The average molecular weight is 627 g/mol. The third kappa shape index (κ3) is 6.83. The van der Waals surface area contributed by atoms with Crippen LogP contribution in [0, 0.1) is 18.7 Å². The second-order valence-corrected chi connectivity index (χ2v) is 12.1. The predicted octanol–water partition coefficient (Wildman–Crippen LogP) is 6.99. The van der Waals surface area contributed by atoms with Gasteiger partial charge in [0.15, 0.2) is 10.9 Å². The fourth-order valence-corrected chi connectivity index (χ4v) is 5.86. The van der Waals surface area contributed by atoms with Crippen LogP contribution in [0.5, 0.6) is 11.8 Å². The molecule has 0 spiro atoms. The molecule has 1 aliphatic heterocycles. The molecule has 0 radical (unpaired) electrons. The quantitative estimate of drug-likeness (QED) is 0.180. The number of ether oxygens (including phenoxy) is 1. The average Bonchev–Trinajstić information content (AvgIpc) is 3.76. The molecule has 4 heterocycles. The molecule has 0 atom stereocenters. The van der Waals surface area contributed by atoms with E-state index in [4.69, 9.17) is 4.74 Å². The molecule has 2 aromatic carbocycles. The maximum Gasteiger partial charge on any atom is 0.324 e. The van der Waals surface area contributed by atoms with Gasteiger partial charge < -0.3 is 10.1 Å². The highest BCUT2D eigenvalue weighted by Crippen LogP contribution is 2.34. The molecule has 2 N–H and O–H groups in total. The standard InChI is InChI=1S/C32H31FN8O3S/c1-19(2)14-22-15-27(41(39-22)25-7-4-6-20(3)29(25)33)38-30(43)37-23-16-34-31(35-17-23)44-24-11-9-21(10-12-24)26-18-36-32(45-26)40-13-5-8-28(40)42/h4,6-7,9-12,15-19H,5,8,13-14H2,1-3H3,(H2,37,38,43). The van der Waals surface area contributed by atoms with Gasteiger partial charge in [-0.1, -0.05) is 37.3 Å². The minimum Gasteiger partial charge on any atom is -0.424 e. The number of aromatic nitrogens is 5. The zero-order valence-electron chi connectivity index (χ0n) is 25.0. The van der Waals surface area contributed by atoms with Gasteiger partial charge in [0.2, 0.25) is 5.91 Å². The number of carbonyl (C=O) groups is 2. The molecule has 0 saturated carbocycles. The third-order valence-electron chi connectivity index (χ3n) is 7.05. The maximum atomic E-state index is 14.9. The monoisotopic (exact) mass is 626 g/mol. The Kier molecular flexibility index (Phi) is 8.52. The summed E-state index contributed by atoms with van der Waals surface area (Å²) in [5, 5.41) is 10.7. The van der Waals surface area contributed by atoms with E-state index in [0.717, 1.165) is 22.6 Å². The number of anilines is 3. The van der Waals surface area contributed by atoms with Crippen molar-refractivity contribution in [2.75, 3.05) is 22.1 Å². The molecule has 45 heavy (non-hydrogen) atoms. The Bertz CT molecular complexity index is 1840. The number of thiazole rings is 1. The predicted molar refractivity (Wildman–Crippen MR) is 171 cm³/mol. The number of nitrogens with one attached hydrogen (secondary N) is 2. The second-order valence-electron chi connectivity index (χ2n) is 11.1. The van der Waals surface area contributed by atoms with E-state index in [1.807, 2.05) is 12.1 Å². The van der Waals surface area contributed by atoms with Gasteiger partial charge in [-0.25, -0.2) is 28.8 Å². The fraction of sp³-hybridized carbons (Fsp3) is 0.250. The van der Waals surface area contributed by atoms with Crippen LogP contribution in [0.1, 0.15) is 37.9 Å². The lowest BCUT2D eigenvalue weighted by Crippen LogP contribution is -2.23. The summed E-state index contributed by atoms with van der Waals surface area (Å²) in [6.07, 6.45) is 6.71. The van der Waals surface area contributed by atoms with Crippen molar-refractivity contribution < 1.29 is 18.7 Å². The fourth-order valence-electron chi connectivity index (χ4n) is 4.89. The molecule has 0 aliphatic carbocycles. The van der Waals surface area contributed by atoms with Crippen LogP contribution < -0.4 is 20.3 Å². The molecule has 230 valence electrons. The van der Waals surface area contributed by atoms with Crippen molar-refractivity contribution >= 4 is 39.9 Å². The van der Waals surface area contributed by atoms with Crippen LogP contribution in [0.4, 0.5) is 25.8 Å². The lowest BCUT2D eigenvalue weighted by Gasteiger charge is -2.11. The van der Waals surface area contributed by atoms with Crippen molar-refractivity contribution in [2.45, 2.75) is 40.0 Å². The van der Waals surface area contributed by atoms with Crippen molar-refractivity contribution in [1.29, 1.82) is 0 Å². The van der Waals surface area contributed by atoms with Crippen LogP contribution in [0.3, 0.4) is 0 Å². The molecule has 11 nitrogen and oxygen atoms in total. The van der Waals surface area contributed by atoms with E-state index in [-0.39, 0.29) is 17.6 Å². The maximum absolute atomic E-state index is 14.9. The summed E-state index contributed by atoms with van der Waals surface area (Å²) in [6, 6.07) is 13.7. The number of urea groups is 1. The van der Waals surface area contributed by atoms with Crippen LogP contribution >= 0.6 is 11.3 Å². The summed E-state index contributed by atoms with van der Waals surface area (Å²) in [5.74, 6) is 0.889. The van der Waals surface area contributed by atoms with Gasteiger partial charge in [0.25, 0.3) is 0 Å². The van der Waals surface area contributed by atoms with Gasteiger partial charge in [-0.05, 0) is 67.1 Å². The van der Waals surface area contributed by atoms with Crippen LogP contribution in [-0.2, 0) is 11.2 Å². The lowest BCUT2D eigenvalue weighted by atomic mass is 10.1. The zero-order chi connectivity index (χ0) is 31.5. The van der Waals surface area contributed by atoms with Crippen molar-refractivity contribution in [1.82, 2.24) is 24.7 Å². The van der Waals surface area contributed by atoms with Crippen molar-refractivity contribution in [3.63, 3.8) is 0 Å². The molecular formula is C32H31FN8O3S. The molecule has 1 fully saturated rings. The van der Waals surface area contributed by atoms with Gasteiger partial charge in [-0.15, -0.1) is 0 Å². The first-order valence-corrected chi connectivity index (χ1v) is 15.3. The summed E-state index contributed by atoms with van der Waals surface area (Å²) >= 11 is 1.47. The van der Waals surface area contributed by atoms with Gasteiger partial charge in [0.1, 0.15) is 17.3 Å². The van der Waals surface area contributed by atoms with Crippen molar-refractivity contribution in [3.05, 3.63) is 84.2 Å². The van der Waals surface area contributed by atoms with Crippen LogP contribution in [0.25, 0.3) is 16.1 Å². The summed E-state index contributed by atoms with van der Waals surface area (Å²) in [5.41, 5.74) is 2.74. The number of hydrogen-bond acceptors (Lipinski definition) is 8. The summed E-state index contributed by atoms with van der Waals surface area (Å²) in [7, 11) is 0. The molecular weight excluding hydrogens is 595 g/mol. The second kappa shape index (κ2) is 12.8. The largest absolute Gasteiger partial charge is 0.424 e. The molecule has 0 unspecified atom stereocenters. The SMILES string of the molecule is Cc1cccc(-n2nc(CC(C)C)cc2NC(=O)Nc2cnc(Oc3ccc(-c4cnc(N5CCCC5=O)s4)cc3)nc2)c1F. The topological polar surface area (TPSA) is 127 Å². The number of hydrogen-bond donors (Lipinski definition) is 2. The number of rotatable bonds is 9. The summed E-state index contributed by atoms with van der Waals surface area (Å²) < 4.78 is 22.1. The Morgan fingerprint density at radius 2 is 1.84 bits per heavy atom. The van der Waals surface area contributed by atoms with Crippen LogP contribution in [0.15, 0.2) is 67.1 Å². The highest BCUT2D eigenvalue weighted by Gasteiger charge is 2.24. The first-order valence-electron chi connectivity index (χ1n) is 14.5. The summed E-state index contributed by atoms with van der Waals surface area (Å²) in [6.45, 7) is 6.51. The Balaban J connectivity index is 1.08. The van der Waals surface area contributed by atoms with E-state index in [1.54, 1.807) is 54.4 Å². The first kappa shape index (κ1) is 29.9. The highest BCUT2D eigenvalue weighted by molar-refractivity contribution is 7.19. The Labute approximate surface area is 263 Å². The number of benzene rings is 2. The Morgan fingerprint density at radius 3 is 2.56 bits per heavy atom. The van der Waals surface area contributed by atoms with Crippen molar-refractivity contribution in [2.24, 2.45) is 5.92 Å². The molecule has 0 bridgehead atoms. The third-order valence-corrected chi connectivity index (χ3v) is 8.12. The molecule has 1 saturated heterocycles. The highest BCUT2D eigenvalue weighted by atomic mass is 32.1. The van der Waals surface area contributed by atoms with Gasteiger partial charge in [-0.2, -0.15) is 5.10 Å². The zero-order valence-corrected chi connectivity index (χ0v) is 25.8. The molecule has 3 aromatic heterocycles. The number of carbonyl (C=O) groups excluding carboxylic acids is 2. The molecule has 5 aromatic rings. The van der Waals surface area contributed by atoms with E-state index in [1.165, 1.54) is 28.4 Å². The minimum atomic E-state index is -0.562. The minimum absolute atomic E-state index is 0.104. The Hall–Kier alpha value is -5.17. The van der Waals surface area contributed by atoms with E-state index >= 15 is 0 Å². The number of halogens is 1.